The monoisotopic (exact) mass is 894 g/mol. The summed E-state index contributed by atoms with van der Waals surface area (Å²) in [7, 11) is 0. The van der Waals surface area contributed by atoms with E-state index in [1.54, 1.807) is 19.6 Å². The first-order chi connectivity index (χ1) is 31.8. The summed E-state index contributed by atoms with van der Waals surface area (Å²) in [6.45, 7) is 10.7. The molecule has 0 saturated heterocycles. The van der Waals surface area contributed by atoms with E-state index in [0.717, 1.165) is 27.8 Å². The Balaban J connectivity index is 1.34. The number of aliphatic carboxylic acids is 1. The number of hydrogen-bond donors (Lipinski definition) is 2. The van der Waals surface area contributed by atoms with E-state index < -0.39 is 12.0 Å². The van der Waals surface area contributed by atoms with Gasteiger partial charge in [-0.05, 0) is 62.4 Å². The van der Waals surface area contributed by atoms with Crippen molar-refractivity contribution in [2.75, 3.05) is 32.7 Å². The molecule has 0 aliphatic heterocycles. The molecule has 0 aliphatic rings. The van der Waals surface area contributed by atoms with E-state index in [-0.39, 0.29) is 106 Å². The average Bonchev–Trinajstić information content (AvgIpc) is 3.35. The number of carbonyl (C=O) groups is 5. The van der Waals surface area contributed by atoms with Crippen LogP contribution >= 0.6 is 0 Å². The Morgan fingerprint density at radius 2 is 0.621 bits per heavy atom. The molecule has 0 bridgehead atoms. The Hall–Kier alpha value is -6.59. The first-order valence-electron chi connectivity index (χ1n) is 23.2. The van der Waals surface area contributed by atoms with Crippen LogP contribution in [0.5, 0.6) is 0 Å². The van der Waals surface area contributed by atoms with E-state index >= 15 is 0 Å². The molecule has 11 nitrogen and oxygen atoms in total. The molecule has 0 spiro atoms. The van der Waals surface area contributed by atoms with Crippen molar-refractivity contribution >= 4 is 29.6 Å². The number of nitrogens with one attached hydrogen (secondary N) is 1. The minimum Gasteiger partial charge on any atom is -0.481 e. The summed E-state index contributed by atoms with van der Waals surface area (Å²) >= 11 is 0. The molecule has 0 heterocycles. The fraction of sp³-hybridized carbons (Fsp3) is 0.364. The predicted octanol–water partition coefficient (Wildman–Crippen LogP) is 9.73. The smallest absolute Gasteiger partial charge is 0.305 e. The van der Waals surface area contributed by atoms with E-state index in [2.05, 4.69) is 24.4 Å². The van der Waals surface area contributed by atoms with Gasteiger partial charge >= 0.3 is 5.97 Å². The van der Waals surface area contributed by atoms with Crippen LogP contribution in [0.2, 0.25) is 0 Å². The second kappa shape index (κ2) is 25.8. The fourth-order valence-corrected chi connectivity index (χ4v) is 8.48. The van der Waals surface area contributed by atoms with Gasteiger partial charge in [-0.25, -0.2) is 0 Å². The standard InChI is InChI=1S/C55H67N5O6/c1-41(46-21-11-6-12-22-46)56-36-31-51(61)57(42(2)47-23-13-7-14-24-47)37-32-52(62)58(43(3)48-25-15-8-16-26-48)38-33-53(63)59(44(4)49-27-17-9-18-28-49)39-34-54(64)60(40-35-55(65)66)45(5)50-29-19-10-20-30-50/h6-30,41-45,56H,31-40H2,1-5H3,(H,65,66)/t41-,42-,43-,44-,45-/m0/s1. The zero-order valence-corrected chi connectivity index (χ0v) is 39.2. The van der Waals surface area contributed by atoms with E-state index in [9.17, 15) is 29.1 Å². The van der Waals surface area contributed by atoms with Gasteiger partial charge < -0.3 is 30.0 Å². The molecular formula is C55H67N5O6. The maximum Gasteiger partial charge on any atom is 0.305 e. The van der Waals surface area contributed by atoms with E-state index in [4.69, 9.17) is 0 Å². The summed E-state index contributed by atoms with van der Waals surface area (Å²) in [5, 5.41) is 13.0. The maximum atomic E-state index is 14.6. The van der Waals surface area contributed by atoms with Crippen LogP contribution in [0.4, 0.5) is 0 Å². The minimum absolute atomic E-state index is 0.00818. The Labute approximate surface area is 391 Å². The molecular weight excluding hydrogens is 827 g/mol. The van der Waals surface area contributed by atoms with Crippen LogP contribution in [0.1, 0.15) is 125 Å². The van der Waals surface area contributed by atoms with Crippen molar-refractivity contribution < 1.29 is 29.1 Å². The highest BCUT2D eigenvalue weighted by Crippen LogP contribution is 2.27. The van der Waals surface area contributed by atoms with Gasteiger partial charge in [-0.15, -0.1) is 0 Å². The number of nitrogens with zero attached hydrogens (tertiary/aromatic N) is 4. The van der Waals surface area contributed by atoms with Crippen molar-refractivity contribution in [3.05, 3.63) is 179 Å². The number of benzene rings is 5. The van der Waals surface area contributed by atoms with Gasteiger partial charge in [0.05, 0.1) is 30.6 Å². The van der Waals surface area contributed by atoms with Crippen LogP contribution in [0, 0.1) is 0 Å². The molecule has 5 aromatic carbocycles. The van der Waals surface area contributed by atoms with Crippen LogP contribution in [0.3, 0.4) is 0 Å². The lowest BCUT2D eigenvalue weighted by Crippen LogP contribution is -2.43. The van der Waals surface area contributed by atoms with Crippen molar-refractivity contribution in [3.63, 3.8) is 0 Å². The second-order valence-corrected chi connectivity index (χ2v) is 16.9. The van der Waals surface area contributed by atoms with E-state index in [1.165, 1.54) is 0 Å². The highest BCUT2D eigenvalue weighted by molar-refractivity contribution is 5.82. The van der Waals surface area contributed by atoms with Crippen LogP contribution in [0.15, 0.2) is 152 Å². The molecule has 0 aromatic heterocycles. The molecule has 348 valence electrons. The van der Waals surface area contributed by atoms with Crippen LogP contribution in [0.25, 0.3) is 0 Å². The zero-order chi connectivity index (χ0) is 47.4. The van der Waals surface area contributed by atoms with Crippen molar-refractivity contribution in [1.82, 2.24) is 24.9 Å². The predicted molar refractivity (Wildman–Crippen MR) is 260 cm³/mol. The van der Waals surface area contributed by atoms with Gasteiger partial charge in [-0.1, -0.05) is 152 Å². The van der Waals surface area contributed by atoms with Crippen molar-refractivity contribution in [1.29, 1.82) is 0 Å². The minimum atomic E-state index is -1.00. The molecule has 2 N–H and O–H groups in total. The quantitative estimate of drug-likeness (QED) is 0.0597. The van der Waals surface area contributed by atoms with Gasteiger partial charge in [0.15, 0.2) is 0 Å². The topological polar surface area (TPSA) is 131 Å². The van der Waals surface area contributed by atoms with Gasteiger partial charge in [0, 0.05) is 64.4 Å². The summed E-state index contributed by atoms with van der Waals surface area (Å²) in [6.07, 6.45) is 0.0601. The molecule has 5 atom stereocenters. The Bertz CT molecular complexity index is 2260. The Kier molecular flexibility index (Phi) is 19.7. The third-order valence-electron chi connectivity index (χ3n) is 12.6. The average molecular weight is 894 g/mol. The molecule has 0 radical (unpaired) electrons. The number of amides is 4. The van der Waals surface area contributed by atoms with Crippen molar-refractivity contribution in [3.8, 4) is 0 Å². The summed E-state index contributed by atoms with van der Waals surface area (Å²) in [4.78, 5) is 75.7. The summed E-state index contributed by atoms with van der Waals surface area (Å²) < 4.78 is 0. The Morgan fingerprint density at radius 3 is 0.894 bits per heavy atom. The molecule has 4 amide bonds. The van der Waals surface area contributed by atoms with Gasteiger partial charge in [-0.2, -0.15) is 0 Å². The molecule has 66 heavy (non-hydrogen) atoms. The number of hydrogen-bond acceptors (Lipinski definition) is 6. The van der Waals surface area contributed by atoms with Gasteiger partial charge in [0.25, 0.3) is 0 Å². The normalized spacial score (nSPS) is 13.3. The van der Waals surface area contributed by atoms with E-state index in [1.807, 2.05) is 167 Å². The van der Waals surface area contributed by atoms with Crippen LogP contribution < -0.4 is 5.32 Å². The largest absolute Gasteiger partial charge is 0.481 e. The van der Waals surface area contributed by atoms with E-state index in [0.29, 0.717) is 6.54 Å². The lowest BCUT2D eigenvalue weighted by molar-refractivity contribution is -0.140. The molecule has 0 saturated carbocycles. The molecule has 5 rings (SSSR count). The number of carboxylic acids is 1. The fourth-order valence-electron chi connectivity index (χ4n) is 8.48. The summed E-state index contributed by atoms with van der Waals surface area (Å²) in [5.41, 5.74) is 4.79. The lowest BCUT2D eigenvalue weighted by atomic mass is 10.0. The highest BCUT2D eigenvalue weighted by Gasteiger charge is 2.30. The third kappa shape index (κ3) is 14.7. The molecule has 0 fully saturated rings. The first kappa shape index (κ1) is 50.4. The van der Waals surface area contributed by atoms with Crippen LogP contribution in [-0.2, 0) is 24.0 Å². The molecule has 5 aromatic rings. The van der Waals surface area contributed by atoms with Crippen molar-refractivity contribution in [2.45, 2.75) is 96.9 Å². The number of rotatable bonds is 25. The van der Waals surface area contributed by atoms with Gasteiger partial charge in [0.2, 0.25) is 23.6 Å². The SMILES string of the molecule is C[C@H](NCCC(=O)N(CCC(=O)N(CCC(=O)N(CCC(=O)N(CCC(=O)O)[C@@H](C)c1ccccc1)[C@@H](C)c1ccccc1)[C@@H](C)c1ccccc1)[C@@H](C)c1ccccc1)c1ccccc1. The highest BCUT2D eigenvalue weighted by atomic mass is 16.4. The number of carboxylic acid groups (broad SMARTS) is 1. The first-order valence-corrected chi connectivity index (χ1v) is 23.2. The number of carbonyl (C=O) groups excluding carboxylic acids is 4. The van der Waals surface area contributed by atoms with Crippen LogP contribution in [-0.4, -0.2) is 87.0 Å². The molecule has 11 heteroatoms. The third-order valence-corrected chi connectivity index (χ3v) is 12.6. The molecule has 0 unspecified atom stereocenters. The molecule has 0 aliphatic carbocycles. The zero-order valence-electron chi connectivity index (χ0n) is 39.2. The summed E-state index contributed by atoms with van der Waals surface area (Å²) in [6, 6.07) is 47.3. The maximum absolute atomic E-state index is 14.6. The Morgan fingerprint density at radius 1 is 0.379 bits per heavy atom. The van der Waals surface area contributed by atoms with Gasteiger partial charge in [-0.3, -0.25) is 24.0 Å². The summed E-state index contributed by atoms with van der Waals surface area (Å²) in [5.74, 6) is -1.74. The second-order valence-electron chi connectivity index (χ2n) is 16.9. The van der Waals surface area contributed by atoms with Gasteiger partial charge in [0.1, 0.15) is 0 Å². The van der Waals surface area contributed by atoms with Crippen molar-refractivity contribution in [2.24, 2.45) is 0 Å². The lowest BCUT2D eigenvalue weighted by Gasteiger charge is -2.35.